The van der Waals surface area contributed by atoms with E-state index in [1.54, 1.807) is 7.11 Å². The molecule has 0 atom stereocenters. The Kier molecular flexibility index (Phi) is 5.49. The molecule has 4 rings (SSSR count). The highest BCUT2D eigenvalue weighted by Gasteiger charge is 2.27. The van der Waals surface area contributed by atoms with Crippen LogP contribution in [0.4, 0.5) is 0 Å². The van der Waals surface area contributed by atoms with Gasteiger partial charge in [0.1, 0.15) is 10.6 Å². The summed E-state index contributed by atoms with van der Waals surface area (Å²) in [6.45, 7) is 0. The van der Waals surface area contributed by atoms with Crippen molar-refractivity contribution < 1.29 is 13.2 Å². The number of methoxy groups -OCH3 is 1. The molecule has 0 bridgehead atoms. The normalized spacial score (nSPS) is 11.9. The summed E-state index contributed by atoms with van der Waals surface area (Å²) in [6, 6.07) is 19.5. The Bertz CT molecular complexity index is 1350. The van der Waals surface area contributed by atoms with E-state index in [0.29, 0.717) is 14.9 Å². The highest BCUT2D eigenvalue weighted by molar-refractivity contribution is 14.1. The SMILES string of the molecule is COc1c(I)cc2ccccc2c1-c1c(S(=O)(=O)Cl)c(I)cc2ccccc12. The van der Waals surface area contributed by atoms with Crippen molar-refractivity contribution >= 4 is 86.5 Å². The Morgan fingerprint density at radius 3 is 1.86 bits per heavy atom. The summed E-state index contributed by atoms with van der Waals surface area (Å²) < 4.78 is 32.5. The lowest BCUT2D eigenvalue weighted by Crippen LogP contribution is -2.02. The van der Waals surface area contributed by atoms with Gasteiger partial charge in [0.25, 0.3) is 9.05 Å². The fourth-order valence-corrected chi connectivity index (χ4v) is 7.44. The molecule has 0 unspecified atom stereocenters. The van der Waals surface area contributed by atoms with Crippen LogP contribution in [0.1, 0.15) is 0 Å². The summed E-state index contributed by atoms with van der Waals surface area (Å²) >= 11 is 4.25. The van der Waals surface area contributed by atoms with Gasteiger partial charge < -0.3 is 4.74 Å². The minimum absolute atomic E-state index is 0.110. The number of fused-ring (bicyclic) bond motifs is 2. The van der Waals surface area contributed by atoms with Crippen LogP contribution in [0.3, 0.4) is 0 Å². The molecule has 0 N–H and O–H groups in total. The lowest BCUT2D eigenvalue weighted by molar-refractivity contribution is 0.414. The van der Waals surface area contributed by atoms with Crippen molar-refractivity contribution in [1.29, 1.82) is 0 Å². The van der Waals surface area contributed by atoms with E-state index in [4.69, 9.17) is 15.4 Å². The molecule has 142 valence electrons. The summed E-state index contributed by atoms with van der Waals surface area (Å²) in [6.07, 6.45) is 0. The van der Waals surface area contributed by atoms with Gasteiger partial charge in [-0.05, 0) is 78.9 Å². The number of hydrogen-bond donors (Lipinski definition) is 0. The zero-order chi connectivity index (χ0) is 20.1. The molecule has 0 fully saturated rings. The molecule has 7 heteroatoms. The Labute approximate surface area is 194 Å². The Morgan fingerprint density at radius 1 is 0.821 bits per heavy atom. The van der Waals surface area contributed by atoms with Gasteiger partial charge in [-0.25, -0.2) is 8.42 Å². The summed E-state index contributed by atoms with van der Waals surface area (Å²) in [5.41, 5.74) is 1.31. The Balaban J connectivity index is 2.35. The number of hydrogen-bond acceptors (Lipinski definition) is 3. The smallest absolute Gasteiger partial charge is 0.263 e. The molecule has 28 heavy (non-hydrogen) atoms. The zero-order valence-corrected chi connectivity index (χ0v) is 20.4. The molecule has 0 aliphatic heterocycles. The van der Waals surface area contributed by atoms with Crippen LogP contribution in [-0.4, -0.2) is 15.5 Å². The van der Waals surface area contributed by atoms with E-state index in [-0.39, 0.29) is 4.90 Å². The fourth-order valence-electron chi connectivity index (χ4n) is 3.52. The van der Waals surface area contributed by atoms with Gasteiger partial charge >= 0.3 is 0 Å². The molecule has 0 aliphatic rings. The molecule has 4 aromatic rings. The maximum Gasteiger partial charge on any atom is 0.263 e. The lowest BCUT2D eigenvalue weighted by Gasteiger charge is -2.19. The third kappa shape index (κ3) is 3.38. The van der Waals surface area contributed by atoms with Crippen LogP contribution in [0.5, 0.6) is 5.75 Å². The van der Waals surface area contributed by atoms with Crippen LogP contribution in [0.15, 0.2) is 65.6 Å². The molecule has 0 aliphatic carbocycles. The van der Waals surface area contributed by atoms with Gasteiger partial charge in [-0.3, -0.25) is 0 Å². The third-order valence-corrected chi connectivity index (χ3v) is 8.00. The van der Waals surface area contributed by atoms with Crippen LogP contribution >= 0.6 is 55.9 Å². The van der Waals surface area contributed by atoms with E-state index < -0.39 is 9.05 Å². The lowest BCUT2D eigenvalue weighted by atomic mass is 9.93. The van der Waals surface area contributed by atoms with E-state index in [9.17, 15) is 8.42 Å². The Morgan fingerprint density at radius 2 is 1.32 bits per heavy atom. The minimum Gasteiger partial charge on any atom is -0.495 e. The van der Waals surface area contributed by atoms with Gasteiger partial charge in [0, 0.05) is 25.4 Å². The molecule has 3 nitrogen and oxygen atoms in total. The first-order valence-electron chi connectivity index (χ1n) is 8.24. The van der Waals surface area contributed by atoms with Gasteiger partial charge in [0.2, 0.25) is 0 Å². The molecule has 4 aromatic carbocycles. The molecule has 0 saturated heterocycles. The summed E-state index contributed by atoms with van der Waals surface area (Å²) in [5.74, 6) is 0.632. The second kappa shape index (κ2) is 7.62. The van der Waals surface area contributed by atoms with Gasteiger partial charge in [0.15, 0.2) is 0 Å². The summed E-state index contributed by atoms with van der Waals surface area (Å²) in [4.78, 5) is 0.110. The van der Waals surface area contributed by atoms with Crippen molar-refractivity contribution in [2.24, 2.45) is 0 Å². The maximum absolute atomic E-state index is 12.6. The van der Waals surface area contributed by atoms with E-state index >= 15 is 0 Å². The first-order chi connectivity index (χ1) is 13.3. The van der Waals surface area contributed by atoms with Crippen molar-refractivity contribution in [2.45, 2.75) is 4.90 Å². The van der Waals surface area contributed by atoms with Gasteiger partial charge in [-0.1, -0.05) is 48.5 Å². The highest BCUT2D eigenvalue weighted by Crippen LogP contribution is 2.47. The summed E-state index contributed by atoms with van der Waals surface area (Å²) in [5, 5.41) is 3.67. The van der Waals surface area contributed by atoms with Crippen LogP contribution in [-0.2, 0) is 9.05 Å². The van der Waals surface area contributed by atoms with E-state index in [0.717, 1.165) is 30.7 Å². The molecular formula is C21H13ClI2O3S. The standard InChI is InChI=1S/C21H13ClI2O3S/c1-27-20-16(23)10-12-6-2-4-8-14(12)18(20)19-15-9-5-3-7-13(15)11-17(24)21(19)28(22,25)26/h2-11H,1H3. The van der Waals surface area contributed by atoms with E-state index in [1.807, 2.05) is 83.3 Å². The monoisotopic (exact) mass is 634 g/mol. The highest BCUT2D eigenvalue weighted by atomic mass is 127. The second-order valence-electron chi connectivity index (χ2n) is 6.21. The predicted molar refractivity (Wildman–Crippen MR) is 132 cm³/mol. The van der Waals surface area contributed by atoms with Crippen LogP contribution in [0, 0.1) is 7.14 Å². The van der Waals surface area contributed by atoms with Crippen LogP contribution in [0.25, 0.3) is 32.7 Å². The van der Waals surface area contributed by atoms with Crippen molar-refractivity contribution in [3.8, 4) is 16.9 Å². The number of halogens is 3. The van der Waals surface area contributed by atoms with Crippen LogP contribution < -0.4 is 4.74 Å². The number of ether oxygens (including phenoxy) is 1. The molecule has 0 amide bonds. The summed E-state index contributed by atoms with van der Waals surface area (Å²) in [7, 11) is 3.52. The maximum atomic E-state index is 12.6. The van der Waals surface area contributed by atoms with Gasteiger partial charge in [-0.2, -0.15) is 0 Å². The minimum atomic E-state index is -4.00. The molecule has 0 spiro atoms. The fraction of sp³-hybridized carbons (Fsp3) is 0.0476. The quantitative estimate of drug-likeness (QED) is 0.184. The van der Waals surface area contributed by atoms with Gasteiger partial charge in [-0.15, -0.1) is 0 Å². The topological polar surface area (TPSA) is 43.4 Å². The Hall–Kier alpha value is -1.10. The third-order valence-electron chi connectivity index (χ3n) is 4.61. The van der Waals surface area contributed by atoms with Gasteiger partial charge in [0.05, 0.1) is 10.7 Å². The second-order valence-corrected chi connectivity index (χ2v) is 11.0. The average molecular weight is 635 g/mol. The molecule has 0 heterocycles. The van der Waals surface area contributed by atoms with Crippen LogP contribution in [0.2, 0.25) is 0 Å². The van der Waals surface area contributed by atoms with Crippen molar-refractivity contribution in [3.63, 3.8) is 0 Å². The predicted octanol–water partition coefficient (Wildman–Crippen LogP) is 6.81. The number of benzene rings is 4. The van der Waals surface area contributed by atoms with E-state index in [1.165, 1.54) is 0 Å². The van der Waals surface area contributed by atoms with Crippen molar-refractivity contribution in [1.82, 2.24) is 0 Å². The van der Waals surface area contributed by atoms with E-state index in [2.05, 4.69) is 22.6 Å². The largest absolute Gasteiger partial charge is 0.495 e. The molecule has 0 aromatic heterocycles. The van der Waals surface area contributed by atoms with Crippen molar-refractivity contribution in [2.75, 3.05) is 7.11 Å². The first kappa shape index (κ1) is 20.2. The molecule has 0 radical (unpaired) electrons. The molecular weight excluding hydrogens is 622 g/mol. The number of rotatable bonds is 3. The average Bonchev–Trinajstić information content (AvgIpc) is 2.65. The molecule has 0 saturated carbocycles. The first-order valence-corrected chi connectivity index (χ1v) is 12.7. The zero-order valence-electron chi connectivity index (χ0n) is 14.5. The van der Waals surface area contributed by atoms with Crippen molar-refractivity contribution in [3.05, 3.63) is 67.8 Å².